The predicted octanol–water partition coefficient (Wildman–Crippen LogP) is 3.05. The van der Waals surface area contributed by atoms with Crippen LogP contribution in [0.2, 0.25) is 0 Å². The van der Waals surface area contributed by atoms with Gasteiger partial charge in [-0.2, -0.15) is 0 Å². The predicted molar refractivity (Wildman–Crippen MR) is 98.2 cm³/mol. The molecule has 1 aliphatic carbocycles. The van der Waals surface area contributed by atoms with Crippen LogP contribution in [-0.4, -0.2) is 33.5 Å². The van der Waals surface area contributed by atoms with E-state index in [4.69, 9.17) is 0 Å². The molecule has 4 nitrogen and oxygen atoms in total. The van der Waals surface area contributed by atoms with E-state index in [1.54, 1.807) is 11.9 Å². The van der Waals surface area contributed by atoms with Gasteiger partial charge in [0.15, 0.2) is 0 Å². The Morgan fingerprint density at radius 1 is 1.16 bits per heavy atom. The minimum absolute atomic E-state index is 0.199. The Kier molecular flexibility index (Phi) is 3.85. The zero-order valence-electron chi connectivity index (χ0n) is 14.3. The first-order valence-electron chi connectivity index (χ1n) is 8.66. The van der Waals surface area contributed by atoms with E-state index in [1.165, 1.54) is 5.56 Å². The smallest absolute Gasteiger partial charge is 0.254 e. The van der Waals surface area contributed by atoms with Crippen molar-refractivity contribution in [3.8, 4) is 0 Å². The molecular weight excluding hydrogens is 312 g/mol. The van der Waals surface area contributed by atoms with Gasteiger partial charge in [-0.3, -0.25) is 4.79 Å². The monoisotopic (exact) mass is 334 g/mol. The lowest BCUT2D eigenvalue weighted by Crippen LogP contribution is -2.50. The molecule has 1 atom stereocenters. The molecule has 4 rings (SSSR count). The molecule has 0 saturated carbocycles. The molecule has 0 radical (unpaired) electrons. The van der Waals surface area contributed by atoms with Gasteiger partial charge in [0.2, 0.25) is 0 Å². The Labute approximate surface area is 147 Å². The van der Waals surface area contributed by atoms with Gasteiger partial charge in [0.1, 0.15) is 5.60 Å². The third kappa shape index (κ3) is 2.83. The average molecular weight is 334 g/mol. The van der Waals surface area contributed by atoms with Crippen molar-refractivity contribution in [1.82, 2.24) is 9.88 Å². The summed E-state index contributed by atoms with van der Waals surface area (Å²) in [4.78, 5) is 17.8. The number of nitrogens with zero attached hydrogens (tertiary/aromatic N) is 1. The number of nitrogens with one attached hydrogen (secondary N) is 1. The van der Waals surface area contributed by atoms with Crippen LogP contribution in [0.5, 0.6) is 0 Å². The van der Waals surface area contributed by atoms with E-state index in [0.717, 1.165) is 28.5 Å². The minimum atomic E-state index is -1.31. The highest BCUT2D eigenvalue weighted by molar-refractivity contribution is 5.87. The maximum atomic E-state index is 13.0. The van der Waals surface area contributed by atoms with Gasteiger partial charge < -0.3 is 15.0 Å². The molecule has 25 heavy (non-hydrogen) atoms. The Bertz CT molecular complexity index is 930. The number of rotatable bonds is 3. The van der Waals surface area contributed by atoms with Crippen molar-refractivity contribution < 1.29 is 9.90 Å². The molecule has 0 aliphatic heterocycles. The number of aliphatic hydroxyl groups is 1. The summed E-state index contributed by atoms with van der Waals surface area (Å²) in [6.45, 7) is 0.484. The molecular formula is C21H22N2O2. The van der Waals surface area contributed by atoms with Crippen LogP contribution in [0.3, 0.4) is 0 Å². The largest absolute Gasteiger partial charge is 0.380 e. The summed E-state index contributed by atoms with van der Waals surface area (Å²) < 4.78 is 0. The van der Waals surface area contributed by atoms with Crippen molar-refractivity contribution >= 4 is 16.8 Å². The lowest BCUT2D eigenvalue weighted by molar-refractivity contribution is -0.151. The van der Waals surface area contributed by atoms with Crippen LogP contribution < -0.4 is 0 Å². The zero-order valence-corrected chi connectivity index (χ0v) is 14.3. The van der Waals surface area contributed by atoms with E-state index in [0.29, 0.717) is 19.4 Å². The van der Waals surface area contributed by atoms with Crippen LogP contribution in [0.4, 0.5) is 0 Å². The molecule has 1 aliphatic rings. The fourth-order valence-corrected chi connectivity index (χ4v) is 3.87. The van der Waals surface area contributed by atoms with Gasteiger partial charge in [-0.25, -0.2) is 0 Å². The normalized spacial score (nSPS) is 19.6. The second-order valence-electron chi connectivity index (χ2n) is 6.99. The highest BCUT2D eigenvalue weighted by atomic mass is 16.3. The molecule has 0 fully saturated rings. The highest BCUT2D eigenvalue weighted by Crippen LogP contribution is 2.30. The molecule has 2 N–H and O–H groups in total. The van der Waals surface area contributed by atoms with E-state index in [1.807, 2.05) is 48.7 Å². The van der Waals surface area contributed by atoms with Crippen molar-refractivity contribution in [2.24, 2.45) is 0 Å². The Morgan fingerprint density at radius 3 is 2.80 bits per heavy atom. The third-order valence-electron chi connectivity index (χ3n) is 5.25. The first-order chi connectivity index (χ1) is 12.1. The van der Waals surface area contributed by atoms with Crippen LogP contribution >= 0.6 is 0 Å². The van der Waals surface area contributed by atoms with Crippen molar-refractivity contribution in [1.29, 1.82) is 0 Å². The van der Waals surface area contributed by atoms with Crippen molar-refractivity contribution in [3.63, 3.8) is 0 Å². The summed E-state index contributed by atoms with van der Waals surface area (Å²) in [5.74, 6) is -0.199. The number of hydrogen-bond acceptors (Lipinski definition) is 2. The minimum Gasteiger partial charge on any atom is -0.380 e. The summed E-state index contributed by atoms with van der Waals surface area (Å²) in [6, 6.07) is 16.1. The summed E-state index contributed by atoms with van der Waals surface area (Å²) in [5, 5.41) is 12.1. The molecule has 0 saturated heterocycles. The zero-order chi connectivity index (χ0) is 17.4. The van der Waals surface area contributed by atoms with E-state index >= 15 is 0 Å². The van der Waals surface area contributed by atoms with Crippen molar-refractivity contribution in [2.75, 3.05) is 7.05 Å². The summed E-state index contributed by atoms with van der Waals surface area (Å²) >= 11 is 0. The molecule has 1 unspecified atom stereocenters. The first kappa shape index (κ1) is 15.9. The molecule has 0 bridgehead atoms. The summed E-state index contributed by atoms with van der Waals surface area (Å²) in [6.07, 6.45) is 3.50. The van der Waals surface area contributed by atoms with Gasteiger partial charge in [0, 0.05) is 37.1 Å². The summed E-state index contributed by atoms with van der Waals surface area (Å²) in [7, 11) is 1.77. The molecule has 1 aromatic heterocycles. The Morgan fingerprint density at radius 2 is 1.96 bits per heavy atom. The average Bonchev–Trinajstić information content (AvgIpc) is 3.10. The Hall–Kier alpha value is -2.59. The topological polar surface area (TPSA) is 56.3 Å². The number of amides is 1. The molecule has 4 heteroatoms. The quantitative estimate of drug-likeness (QED) is 0.773. The summed E-state index contributed by atoms with van der Waals surface area (Å²) in [5.41, 5.74) is 3.14. The van der Waals surface area contributed by atoms with Gasteiger partial charge in [0.25, 0.3) is 5.91 Å². The number of carbonyl (C=O) groups is 1. The molecule has 0 spiro atoms. The van der Waals surface area contributed by atoms with Crippen LogP contribution in [0.1, 0.15) is 23.1 Å². The van der Waals surface area contributed by atoms with Crippen LogP contribution in [-0.2, 0) is 24.2 Å². The lowest BCUT2D eigenvalue weighted by Gasteiger charge is -2.35. The van der Waals surface area contributed by atoms with Gasteiger partial charge in [-0.1, -0.05) is 36.4 Å². The number of fused-ring (bicyclic) bond motifs is 2. The fourth-order valence-electron chi connectivity index (χ4n) is 3.87. The van der Waals surface area contributed by atoms with Crippen LogP contribution in [0, 0.1) is 0 Å². The standard InChI is InChI=1S/C21H22N2O2/c1-23(14-17-7-4-8-19-18(17)10-12-22-19)20(24)21(25)11-9-15-5-2-3-6-16(15)13-21/h2-8,10,12,22,25H,9,11,13-14H2,1H3. The Balaban J connectivity index is 1.55. The van der Waals surface area contributed by atoms with Crippen LogP contribution in [0.15, 0.2) is 54.7 Å². The number of carbonyl (C=O) groups excluding carboxylic acids is 1. The maximum Gasteiger partial charge on any atom is 0.254 e. The lowest BCUT2D eigenvalue weighted by atomic mass is 9.79. The molecule has 128 valence electrons. The molecule has 1 amide bonds. The number of aryl methyl sites for hydroxylation is 1. The van der Waals surface area contributed by atoms with E-state index in [-0.39, 0.29) is 5.91 Å². The highest BCUT2D eigenvalue weighted by Gasteiger charge is 2.40. The van der Waals surface area contributed by atoms with Gasteiger partial charge in [0.05, 0.1) is 0 Å². The van der Waals surface area contributed by atoms with Crippen LogP contribution in [0.25, 0.3) is 10.9 Å². The number of H-pyrrole nitrogens is 1. The van der Waals surface area contributed by atoms with Gasteiger partial charge >= 0.3 is 0 Å². The maximum absolute atomic E-state index is 13.0. The number of benzene rings is 2. The molecule has 1 heterocycles. The number of aromatic nitrogens is 1. The van der Waals surface area contributed by atoms with Crippen molar-refractivity contribution in [3.05, 3.63) is 71.4 Å². The van der Waals surface area contributed by atoms with E-state index < -0.39 is 5.60 Å². The van der Waals surface area contributed by atoms with Crippen molar-refractivity contribution in [2.45, 2.75) is 31.4 Å². The molecule has 2 aromatic carbocycles. The van der Waals surface area contributed by atoms with E-state index in [9.17, 15) is 9.90 Å². The van der Waals surface area contributed by atoms with Gasteiger partial charge in [-0.15, -0.1) is 0 Å². The number of aromatic amines is 1. The second kappa shape index (κ2) is 6.05. The van der Waals surface area contributed by atoms with E-state index in [2.05, 4.69) is 11.1 Å². The molecule has 3 aromatic rings. The number of likely N-dealkylation sites (N-methyl/N-ethyl adjacent to an activating group) is 1. The first-order valence-corrected chi connectivity index (χ1v) is 8.66. The second-order valence-corrected chi connectivity index (χ2v) is 6.99. The SMILES string of the molecule is CN(Cc1cccc2[nH]ccc12)C(=O)C1(O)CCc2ccccc2C1. The number of hydrogen-bond donors (Lipinski definition) is 2. The fraction of sp³-hybridized carbons (Fsp3) is 0.286. The van der Waals surface area contributed by atoms with Gasteiger partial charge in [-0.05, 0) is 41.7 Å². The third-order valence-corrected chi connectivity index (χ3v) is 5.25.